The zero-order chi connectivity index (χ0) is 20.9. The number of hydrogen-bond donors (Lipinski definition) is 2. The van der Waals surface area contributed by atoms with E-state index in [0.717, 1.165) is 10.4 Å². The Morgan fingerprint density at radius 1 is 1.25 bits per heavy atom. The average Bonchev–Trinajstić information content (AvgIpc) is 2.91. The van der Waals surface area contributed by atoms with Gasteiger partial charge in [-0.2, -0.15) is 8.78 Å². The van der Waals surface area contributed by atoms with E-state index in [1.54, 1.807) is 0 Å². The molecule has 2 aliphatic rings. The topological polar surface area (TPSA) is 81.4 Å². The number of nitrogens with two attached hydrogens (primary N) is 1. The van der Waals surface area contributed by atoms with Crippen molar-refractivity contribution in [3.05, 3.63) is 51.5 Å². The maximum Gasteiger partial charge on any atom is 0.273 e. The van der Waals surface area contributed by atoms with E-state index < -0.39 is 29.1 Å². The lowest BCUT2D eigenvalue weighted by molar-refractivity contribution is -0.135. The fourth-order valence-corrected chi connectivity index (χ4v) is 5.00. The third-order valence-electron chi connectivity index (χ3n) is 4.67. The predicted molar refractivity (Wildman–Crippen MR) is 104 cm³/mol. The summed E-state index contributed by atoms with van der Waals surface area (Å²) in [5.74, 6) is -1.18. The van der Waals surface area contributed by atoms with Crippen LogP contribution in [0.3, 0.4) is 0 Å². The first-order valence-corrected chi connectivity index (χ1v) is 9.62. The van der Waals surface area contributed by atoms with Crippen LogP contribution in [0.2, 0.25) is 0 Å². The Morgan fingerprint density at radius 2 is 1.93 bits per heavy atom. The molecule has 0 spiro atoms. The Labute approximate surface area is 165 Å². The molecule has 0 bridgehead atoms. The highest BCUT2D eigenvalue weighted by Gasteiger charge is 2.43. The summed E-state index contributed by atoms with van der Waals surface area (Å²) >= 11 is 1.23. The summed E-state index contributed by atoms with van der Waals surface area (Å²) in [7, 11) is 0. The minimum Gasteiger partial charge on any atom is -0.365 e. The number of hydrogen-bond acceptors (Lipinski definition) is 4. The van der Waals surface area contributed by atoms with Crippen molar-refractivity contribution in [1.82, 2.24) is 0 Å². The van der Waals surface area contributed by atoms with Gasteiger partial charge in [-0.05, 0) is 33.3 Å². The summed E-state index contributed by atoms with van der Waals surface area (Å²) in [5.41, 5.74) is 5.47. The van der Waals surface area contributed by atoms with E-state index in [4.69, 9.17) is 10.5 Å². The van der Waals surface area contributed by atoms with Crippen molar-refractivity contribution in [2.45, 2.75) is 51.7 Å². The van der Waals surface area contributed by atoms with Crippen molar-refractivity contribution in [2.75, 3.05) is 5.32 Å². The molecule has 28 heavy (non-hydrogen) atoms. The van der Waals surface area contributed by atoms with Gasteiger partial charge < -0.3 is 15.8 Å². The normalized spacial score (nSPS) is 19.6. The van der Waals surface area contributed by atoms with Crippen LogP contribution in [0.5, 0.6) is 0 Å². The number of halogens is 2. The van der Waals surface area contributed by atoms with E-state index >= 15 is 0 Å². The second-order valence-corrected chi connectivity index (χ2v) is 9.02. The van der Waals surface area contributed by atoms with E-state index in [-0.39, 0.29) is 23.1 Å². The van der Waals surface area contributed by atoms with Gasteiger partial charge in [0.1, 0.15) is 5.00 Å². The summed E-state index contributed by atoms with van der Waals surface area (Å²) in [4.78, 5) is 25.7. The molecule has 2 heterocycles. The Balaban J connectivity index is 1.98. The van der Waals surface area contributed by atoms with Gasteiger partial charge in [-0.1, -0.05) is 18.2 Å². The molecule has 0 aromatic carbocycles. The Bertz CT molecular complexity index is 951. The molecule has 8 heteroatoms. The fourth-order valence-electron chi connectivity index (χ4n) is 3.74. The van der Waals surface area contributed by atoms with Gasteiger partial charge in [0.05, 0.1) is 16.8 Å². The minimum absolute atomic E-state index is 0.177. The van der Waals surface area contributed by atoms with Gasteiger partial charge in [0, 0.05) is 28.9 Å². The molecule has 3 N–H and O–H groups in total. The highest BCUT2D eigenvalue weighted by molar-refractivity contribution is 7.17. The molecule has 0 atom stereocenters. The zero-order valence-corrected chi connectivity index (χ0v) is 16.9. The lowest BCUT2D eigenvalue weighted by Crippen LogP contribution is -2.42. The molecule has 0 saturated carbocycles. The number of carbonyl (C=O) groups is 2. The third kappa shape index (κ3) is 3.79. The smallest absolute Gasteiger partial charge is 0.273 e. The van der Waals surface area contributed by atoms with Crippen LogP contribution in [0.1, 0.15) is 54.9 Å². The van der Waals surface area contributed by atoms with E-state index in [1.807, 2.05) is 27.7 Å². The number of allylic oxidation sites excluding steroid dienone is 4. The van der Waals surface area contributed by atoms with Gasteiger partial charge in [-0.3, -0.25) is 9.59 Å². The zero-order valence-electron chi connectivity index (χ0n) is 16.1. The molecule has 0 radical (unpaired) electrons. The lowest BCUT2D eigenvalue weighted by Gasteiger charge is -2.41. The van der Waals surface area contributed by atoms with E-state index in [2.05, 4.69) is 5.32 Å². The first-order chi connectivity index (χ1) is 12.9. The van der Waals surface area contributed by atoms with Crippen LogP contribution < -0.4 is 11.1 Å². The van der Waals surface area contributed by atoms with Gasteiger partial charge in [0.15, 0.2) is 0 Å². The first kappa shape index (κ1) is 20.4. The number of thiophene rings is 1. The van der Waals surface area contributed by atoms with E-state index in [1.165, 1.54) is 29.6 Å². The van der Waals surface area contributed by atoms with Crippen molar-refractivity contribution in [3.8, 4) is 0 Å². The molecular formula is C20H22F2N2O3S. The van der Waals surface area contributed by atoms with Crippen LogP contribution in [0.4, 0.5) is 13.8 Å². The molecule has 5 nitrogen and oxygen atoms in total. The number of carbonyl (C=O) groups excluding carboxylic acids is 2. The third-order valence-corrected chi connectivity index (χ3v) is 6.12. The number of rotatable bonds is 3. The van der Waals surface area contributed by atoms with Crippen molar-refractivity contribution in [1.29, 1.82) is 0 Å². The standard InChI is InChI=1S/C20H22F2N2O3S/c1-19(2)9-12-13(16(23)25)18(28-14(12)20(3,4)27-19)24-17(26)11-7-5-6-10(8-11)15(21)22/h5-7H,8-9H2,1-4H3,(H2,23,25)(H,24,26). The summed E-state index contributed by atoms with van der Waals surface area (Å²) in [6, 6.07) is 0. The highest BCUT2D eigenvalue weighted by atomic mass is 32.1. The van der Waals surface area contributed by atoms with Gasteiger partial charge in [-0.25, -0.2) is 0 Å². The molecule has 1 aliphatic heterocycles. The Hall–Kier alpha value is -2.32. The first-order valence-electron chi connectivity index (χ1n) is 8.80. The molecule has 0 fully saturated rings. The molecular weight excluding hydrogens is 386 g/mol. The Morgan fingerprint density at radius 3 is 2.54 bits per heavy atom. The maximum atomic E-state index is 12.9. The maximum absolute atomic E-state index is 12.9. The van der Waals surface area contributed by atoms with Gasteiger partial charge in [0.2, 0.25) is 0 Å². The number of primary amides is 1. The highest BCUT2D eigenvalue weighted by Crippen LogP contribution is 2.48. The molecule has 3 rings (SSSR count). The van der Waals surface area contributed by atoms with Gasteiger partial charge in [-0.15, -0.1) is 11.3 Å². The summed E-state index contributed by atoms with van der Waals surface area (Å²) in [6.45, 7) is 7.65. The number of nitrogens with one attached hydrogen (secondary N) is 1. The van der Waals surface area contributed by atoms with Crippen LogP contribution in [-0.4, -0.2) is 17.4 Å². The largest absolute Gasteiger partial charge is 0.365 e. The molecule has 1 aromatic heterocycles. The van der Waals surface area contributed by atoms with Crippen LogP contribution in [0.25, 0.3) is 0 Å². The number of amides is 2. The molecule has 2 amide bonds. The quantitative estimate of drug-likeness (QED) is 0.777. The summed E-state index contributed by atoms with van der Waals surface area (Å²) < 4.78 is 31.9. The minimum atomic E-state index is -1.82. The summed E-state index contributed by atoms with van der Waals surface area (Å²) in [6.07, 6.45) is 2.63. The molecule has 0 unspecified atom stereocenters. The SMILES string of the molecule is CC1(C)Cc2c(sc(NC(=O)C3=CC=CC(=C(F)F)C3)c2C(N)=O)C(C)(C)O1. The second kappa shape index (κ2) is 6.93. The Kier molecular flexibility index (Phi) is 5.05. The monoisotopic (exact) mass is 408 g/mol. The van der Waals surface area contributed by atoms with Gasteiger partial charge in [0.25, 0.3) is 17.9 Å². The van der Waals surface area contributed by atoms with E-state index in [9.17, 15) is 18.4 Å². The average molecular weight is 408 g/mol. The van der Waals surface area contributed by atoms with Crippen molar-refractivity contribution in [3.63, 3.8) is 0 Å². The number of anilines is 1. The number of ether oxygens (including phenoxy) is 1. The second-order valence-electron chi connectivity index (χ2n) is 7.99. The number of fused-ring (bicyclic) bond motifs is 1. The van der Waals surface area contributed by atoms with Crippen molar-refractivity contribution >= 4 is 28.2 Å². The predicted octanol–water partition coefficient (Wildman–Crippen LogP) is 4.41. The van der Waals surface area contributed by atoms with Crippen LogP contribution in [0.15, 0.2) is 35.5 Å². The van der Waals surface area contributed by atoms with Crippen LogP contribution in [-0.2, 0) is 21.6 Å². The van der Waals surface area contributed by atoms with Crippen molar-refractivity contribution < 1.29 is 23.1 Å². The van der Waals surface area contributed by atoms with Crippen molar-refractivity contribution in [2.24, 2.45) is 5.73 Å². The van der Waals surface area contributed by atoms with Gasteiger partial charge >= 0.3 is 0 Å². The molecule has 1 aliphatic carbocycles. The molecule has 0 saturated heterocycles. The fraction of sp³-hybridized carbons (Fsp3) is 0.400. The van der Waals surface area contributed by atoms with Crippen LogP contribution >= 0.6 is 11.3 Å². The van der Waals surface area contributed by atoms with E-state index in [0.29, 0.717) is 11.4 Å². The van der Waals surface area contributed by atoms with Crippen LogP contribution in [0, 0.1) is 0 Å². The lowest BCUT2D eigenvalue weighted by atomic mass is 9.86. The molecule has 150 valence electrons. The summed E-state index contributed by atoms with van der Waals surface area (Å²) in [5, 5.41) is 3.02. The molecule has 1 aromatic rings.